The van der Waals surface area contributed by atoms with Gasteiger partial charge in [-0.3, -0.25) is 9.78 Å². The summed E-state index contributed by atoms with van der Waals surface area (Å²) in [4.78, 5) is 18.1. The van der Waals surface area contributed by atoms with Crippen molar-refractivity contribution < 1.29 is 24.2 Å². The minimum atomic E-state index is -0.811. The summed E-state index contributed by atoms with van der Waals surface area (Å²) in [7, 11) is 1.53. The first-order valence-electron chi connectivity index (χ1n) is 11.9. The van der Waals surface area contributed by atoms with Gasteiger partial charge in [0.15, 0.2) is 5.82 Å². The topological polar surface area (TPSA) is 95.2 Å². The van der Waals surface area contributed by atoms with E-state index in [4.69, 9.17) is 4.74 Å². The number of aromatic nitrogens is 1. The zero-order valence-corrected chi connectivity index (χ0v) is 21.7. The van der Waals surface area contributed by atoms with E-state index in [1.807, 2.05) is 17.8 Å². The third kappa shape index (κ3) is 6.54. The molecule has 0 spiro atoms. The zero-order valence-electron chi connectivity index (χ0n) is 20.1. The molecule has 0 amide bonds. The number of likely N-dealkylation sites (tertiary alicyclic amines) is 1. The molecule has 192 valence electrons. The van der Waals surface area contributed by atoms with Crippen LogP contribution in [-0.2, 0) is 4.79 Å². The van der Waals surface area contributed by atoms with E-state index in [1.165, 1.54) is 11.3 Å². The molecule has 3 heterocycles. The molecule has 2 N–H and O–H groups in total. The molecule has 1 fully saturated rings. The van der Waals surface area contributed by atoms with Crippen molar-refractivity contribution in [3.63, 3.8) is 0 Å². The first-order chi connectivity index (χ1) is 17.5. The van der Waals surface area contributed by atoms with E-state index in [1.54, 1.807) is 29.5 Å². The molecule has 4 rings (SSSR count). The third-order valence-corrected chi connectivity index (χ3v) is 8.86. The number of thioether (sulfide) groups is 1. The number of hydrogen-bond donors (Lipinski definition) is 2. The van der Waals surface area contributed by atoms with Gasteiger partial charge in [-0.1, -0.05) is 11.2 Å². The Morgan fingerprint density at radius 3 is 2.94 bits per heavy atom. The number of carboxylic acid groups (broad SMARTS) is 1. The van der Waals surface area contributed by atoms with Crippen molar-refractivity contribution in [1.82, 2.24) is 9.88 Å². The molecule has 7 nitrogen and oxygen atoms in total. The van der Waals surface area contributed by atoms with Crippen LogP contribution < -0.4 is 4.74 Å². The van der Waals surface area contributed by atoms with Crippen molar-refractivity contribution in [1.29, 1.82) is 0 Å². The number of aliphatic carboxylic acids is 1. The van der Waals surface area contributed by atoms with Gasteiger partial charge in [0.2, 0.25) is 0 Å². The molecule has 0 aliphatic carbocycles. The summed E-state index contributed by atoms with van der Waals surface area (Å²) in [6, 6.07) is 9.33. The zero-order chi connectivity index (χ0) is 25.5. The van der Waals surface area contributed by atoms with Crippen molar-refractivity contribution in [2.75, 3.05) is 32.5 Å². The lowest BCUT2D eigenvalue weighted by Gasteiger charge is -2.38. The van der Waals surface area contributed by atoms with Gasteiger partial charge in [-0.15, -0.1) is 23.1 Å². The van der Waals surface area contributed by atoms with E-state index < -0.39 is 11.8 Å². The number of methoxy groups -OCH3 is 1. The molecule has 3 aromatic rings. The number of halogens is 1. The summed E-state index contributed by atoms with van der Waals surface area (Å²) < 4.78 is 21.5. The van der Waals surface area contributed by atoms with Gasteiger partial charge in [0, 0.05) is 36.2 Å². The lowest BCUT2D eigenvalue weighted by Crippen LogP contribution is -2.42. The highest BCUT2D eigenvalue weighted by molar-refractivity contribution is 8.01. The maximum absolute atomic E-state index is 14.9. The molecule has 1 aromatic carbocycles. The van der Waals surface area contributed by atoms with Gasteiger partial charge in [0.25, 0.3) is 0 Å². The van der Waals surface area contributed by atoms with E-state index >= 15 is 0 Å². The number of rotatable bonds is 11. The minimum absolute atomic E-state index is 0.0120. The van der Waals surface area contributed by atoms with Gasteiger partial charge in [0.05, 0.1) is 28.7 Å². The summed E-state index contributed by atoms with van der Waals surface area (Å²) in [5, 5.41) is 25.4. The monoisotopic (exact) mass is 531 g/mol. The number of benzene rings is 1. The fourth-order valence-electron chi connectivity index (χ4n) is 4.93. The molecular weight excluding hydrogens is 501 g/mol. The highest BCUT2D eigenvalue weighted by Crippen LogP contribution is 2.33. The van der Waals surface area contributed by atoms with Crippen LogP contribution in [0, 0.1) is 17.7 Å². The van der Waals surface area contributed by atoms with Crippen LogP contribution in [0.15, 0.2) is 51.3 Å². The number of fused-ring (bicyclic) bond motifs is 1. The van der Waals surface area contributed by atoms with E-state index in [9.17, 15) is 19.5 Å². The van der Waals surface area contributed by atoms with Gasteiger partial charge < -0.3 is 20.0 Å². The number of pyridine rings is 1. The predicted molar refractivity (Wildman–Crippen MR) is 141 cm³/mol. The van der Waals surface area contributed by atoms with Crippen molar-refractivity contribution in [2.45, 2.75) is 29.9 Å². The van der Waals surface area contributed by atoms with Crippen LogP contribution in [0.3, 0.4) is 0 Å². The quantitative estimate of drug-likeness (QED) is 0.144. The number of oxime groups is 1. The SMILES string of the molecule is COc1ccc2ncc(F)c(/C(CCC3CCN(CCSc4cccs4)CC3CC(=O)O)=N\O)c2c1. The summed E-state index contributed by atoms with van der Waals surface area (Å²) in [6.45, 7) is 2.52. The Hall–Kier alpha value is -2.69. The first kappa shape index (κ1) is 26.4. The second-order valence-electron chi connectivity index (χ2n) is 8.94. The standard InChI is InChI=1S/C26H30FN3O4S2/c1-34-19-5-7-22-20(14-19)26(21(27)15-28-22)23(29-33)6-4-17-8-9-30(16-18(17)13-24(31)32)10-12-36-25-3-2-11-35-25/h2-3,5,7,11,14-15,17-18,33H,4,6,8-10,12-13,16H2,1H3,(H,31,32)/b29-23-. The van der Waals surface area contributed by atoms with E-state index in [0.717, 1.165) is 38.0 Å². The van der Waals surface area contributed by atoms with Crippen LogP contribution in [0.25, 0.3) is 10.9 Å². The minimum Gasteiger partial charge on any atom is -0.497 e. The normalized spacial score (nSPS) is 19.0. The van der Waals surface area contributed by atoms with Crippen LogP contribution in [0.5, 0.6) is 5.75 Å². The number of hydrogen-bond acceptors (Lipinski definition) is 8. The van der Waals surface area contributed by atoms with Crippen molar-refractivity contribution >= 4 is 45.7 Å². The fraction of sp³-hybridized carbons (Fsp3) is 0.423. The fourth-order valence-corrected chi connectivity index (χ4v) is 6.79. The van der Waals surface area contributed by atoms with Gasteiger partial charge in [0.1, 0.15) is 5.75 Å². The average Bonchev–Trinajstić information content (AvgIpc) is 3.39. The number of carbonyl (C=O) groups is 1. The Bertz CT molecular complexity index is 1210. The average molecular weight is 532 g/mol. The lowest BCUT2D eigenvalue weighted by molar-refractivity contribution is -0.139. The molecular formula is C26H30FN3O4S2. The molecule has 10 heteroatoms. The smallest absolute Gasteiger partial charge is 0.303 e. The number of ether oxygens (including phenoxy) is 1. The predicted octanol–water partition coefficient (Wildman–Crippen LogP) is 5.61. The number of nitrogens with zero attached hydrogens (tertiary/aromatic N) is 3. The molecule has 1 aliphatic heterocycles. The van der Waals surface area contributed by atoms with Gasteiger partial charge in [-0.25, -0.2) is 4.39 Å². The Labute approximate surface area is 218 Å². The highest BCUT2D eigenvalue weighted by Gasteiger charge is 2.31. The summed E-state index contributed by atoms with van der Waals surface area (Å²) in [5.74, 6) is 0.272. The summed E-state index contributed by atoms with van der Waals surface area (Å²) >= 11 is 3.55. The van der Waals surface area contributed by atoms with Crippen molar-refractivity contribution in [3.8, 4) is 5.75 Å². The summed E-state index contributed by atoms with van der Waals surface area (Å²) in [6.07, 6.45) is 3.03. The van der Waals surface area contributed by atoms with Crippen LogP contribution in [0.2, 0.25) is 0 Å². The third-order valence-electron chi connectivity index (χ3n) is 6.75. The van der Waals surface area contributed by atoms with Crippen LogP contribution in [0.4, 0.5) is 4.39 Å². The van der Waals surface area contributed by atoms with Gasteiger partial charge >= 0.3 is 5.97 Å². The number of piperidine rings is 1. The van der Waals surface area contributed by atoms with Crippen LogP contribution >= 0.6 is 23.1 Å². The lowest BCUT2D eigenvalue weighted by atomic mass is 9.79. The molecule has 0 radical (unpaired) electrons. The molecule has 0 bridgehead atoms. The van der Waals surface area contributed by atoms with Crippen LogP contribution in [-0.4, -0.2) is 64.4 Å². The number of thiophene rings is 1. The Morgan fingerprint density at radius 2 is 2.22 bits per heavy atom. The summed E-state index contributed by atoms with van der Waals surface area (Å²) in [5.41, 5.74) is 1.02. The second kappa shape index (κ2) is 12.5. The van der Waals surface area contributed by atoms with Crippen molar-refractivity contribution in [2.24, 2.45) is 17.0 Å². The van der Waals surface area contributed by atoms with E-state index in [-0.39, 0.29) is 29.5 Å². The Morgan fingerprint density at radius 1 is 1.36 bits per heavy atom. The van der Waals surface area contributed by atoms with Gasteiger partial charge in [-0.2, -0.15) is 0 Å². The van der Waals surface area contributed by atoms with Gasteiger partial charge in [-0.05, 0) is 67.3 Å². The van der Waals surface area contributed by atoms with Crippen molar-refractivity contribution in [3.05, 3.63) is 53.3 Å². The van der Waals surface area contributed by atoms with Crippen LogP contribution in [0.1, 0.15) is 31.2 Å². The Balaban J connectivity index is 1.43. The largest absolute Gasteiger partial charge is 0.497 e. The molecule has 36 heavy (non-hydrogen) atoms. The Kier molecular flexibility index (Phi) is 9.17. The molecule has 1 aliphatic rings. The molecule has 1 saturated heterocycles. The first-order valence-corrected chi connectivity index (χ1v) is 13.8. The highest BCUT2D eigenvalue weighted by atomic mass is 32.2. The maximum Gasteiger partial charge on any atom is 0.303 e. The maximum atomic E-state index is 14.9. The molecule has 0 saturated carbocycles. The second-order valence-corrected chi connectivity index (χ2v) is 11.3. The number of carboxylic acids is 1. The van der Waals surface area contributed by atoms with E-state index in [2.05, 4.69) is 26.5 Å². The molecule has 2 aromatic heterocycles. The van der Waals surface area contributed by atoms with E-state index in [0.29, 0.717) is 29.5 Å². The molecule has 2 atom stereocenters. The molecule has 2 unspecified atom stereocenters.